The van der Waals surface area contributed by atoms with E-state index in [-0.39, 0.29) is 12.5 Å². The second-order valence-electron chi connectivity index (χ2n) is 5.52. The predicted molar refractivity (Wildman–Crippen MR) is 79.5 cm³/mol. The van der Waals surface area contributed by atoms with Gasteiger partial charge in [-0.2, -0.15) is 0 Å². The number of benzene rings is 1. The summed E-state index contributed by atoms with van der Waals surface area (Å²) in [6, 6.07) is 13.6. The molecule has 0 aliphatic heterocycles. The van der Waals surface area contributed by atoms with Crippen LogP contribution in [0.1, 0.15) is 24.3 Å². The van der Waals surface area contributed by atoms with E-state index in [1.54, 1.807) is 19.9 Å². The van der Waals surface area contributed by atoms with Gasteiger partial charge < -0.3 is 15.0 Å². The van der Waals surface area contributed by atoms with Gasteiger partial charge in [0, 0.05) is 12.7 Å². The molecule has 2 rings (SSSR count). The van der Waals surface area contributed by atoms with Crippen molar-refractivity contribution in [2.45, 2.75) is 19.4 Å². The summed E-state index contributed by atoms with van der Waals surface area (Å²) in [7, 11) is 1.86. The molecule has 0 saturated heterocycles. The summed E-state index contributed by atoms with van der Waals surface area (Å²) in [5.41, 5.74) is 1.99. The molecule has 0 saturated carbocycles. The lowest BCUT2D eigenvalue weighted by molar-refractivity contribution is 0.0861. The molecule has 0 spiro atoms. The summed E-state index contributed by atoms with van der Waals surface area (Å²) in [5.74, 6) is -0.186. The van der Waals surface area contributed by atoms with E-state index in [2.05, 4.69) is 5.32 Å². The molecule has 0 aliphatic carbocycles. The van der Waals surface area contributed by atoms with E-state index in [4.69, 9.17) is 0 Å². The number of carbonyl (C=O) groups is 1. The Labute approximate surface area is 119 Å². The SMILES string of the molecule is Cn1c(C(=O)NC(C)(C)CO)ccc1-c1ccccc1. The molecule has 0 radical (unpaired) electrons. The number of rotatable bonds is 4. The number of hydrogen-bond donors (Lipinski definition) is 2. The summed E-state index contributed by atoms with van der Waals surface area (Å²) in [6.07, 6.45) is 0. The highest BCUT2D eigenvalue weighted by Gasteiger charge is 2.22. The van der Waals surface area contributed by atoms with Gasteiger partial charge in [0.25, 0.3) is 5.91 Å². The topological polar surface area (TPSA) is 54.3 Å². The summed E-state index contributed by atoms with van der Waals surface area (Å²) < 4.78 is 1.86. The van der Waals surface area contributed by atoms with Crippen LogP contribution in [0.15, 0.2) is 42.5 Å². The Morgan fingerprint density at radius 3 is 2.45 bits per heavy atom. The fraction of sp³-hybridized carbons (Fsp3) is 0.312. The maximum Gasteiger partial charge on any atom is 0.268 e. The lowest BCUT2D eigenvalue weighted by Crippen LogP contribution is -2.46. The van der Waals surface area contributed by atoms with Crippen molar-refractivity contribution in [2.24, 2.45) is 7.05 Å². The maximum absolute atomic E-state index is 12.2. The van der Waals surface area contributed by atoms with Crippen molar-refractivity contribution in [2.75, 3.05) is 6.61 Å². The minimum atomic E-state index is -0.631. The molecule has 2 N–H and O–H groups in total. The molecule has 4 nitrogen and oxygen atoms in total. The number of amides is 1. The van der Waals surface area contributed by atoms with Crippen LogP contribution in [-0.2, 0) is 7.05 Å². The number of aliphatic hydroxyl groups excluding tert-OH is 1. The van der Waals surface area contributed by atoms with E-state index >= 15 is 0 Å². The molecular weight excluding hydrogens is 252 g/mol. The average molecular weight is 272 g/mol. The highest BCUT2D eigenvalue weighted by molar-refractivity contribution is 5.94. The van der Waals surface area contributed by atoms with Crippen molar-refractivity contribution in [1.29, 1.82) is 0 Å². The van der Waals surface area contributed by atoms with Gasteiger partial charge in [-0.25, -0.2) is 0 Å². The monoisotopic (exact) mass is 272 g/mol. The lowest BCUT2D eigenvalue weighted by atomic mass is 10.1. The predicted octanol–water partition coefficient (Wildman–Crippen LogP) is 2.19. The van der Waals surface area contributed by atoms with E-state index in [0.717, 1.165) is 11.3 Å². The molecular formula is C16H20N2O2. The number of nitrogens with zero attached hydrogens (tertiary/aromatic N) is 1. The molecule has 0 aliphatic rings. The molecule has 0 unspecified atom stereocenters. The lowest BCUT2D eigenvalue weighted by Gasteiger charge is -2.23. The Morgan fingerprint density at radius 2 is 1.85 bits per heavy atom. The van der Waals surface area contributed by atoms with Gasteiger partial charge in [-0.05, 0) is 31.5 Å². The largest absolute Gasteiger partial charge is 0.394 e. The summed E-state index contributed by atoms with van der Waals surface area (Å²) in [6.45, 7) is 3.46. The molecule has 4 heteroatoms. The first-order valence-corrected chi connectivity index (χ1v) is 6.59. The molecule has 0 bridgehead atoms. The summed E-state index contributed by atoms with van der Waals surface area (Å²) in [5, 5.41) is 12.0. The van der Waals surface area contributed by atoms with Crippen molar-refractivity contribution >= 4 is 5.91 Å². The Balaban J connectivity index is 2.28. The van der Waals surface area contributed by atoms with E-state index < -0.39 is 5.54 Å². The highest BCUT2D eigenvalue weighted by atomic mass is 16.3. The third kappa shape index (κ3) is 2.91. The molecule has 20 heavy (non-hydrogen) atoms. The van der Waals surface area contributed by atoms with Gasteiger partial charge in [0.15, 0.2) is 0 Å². The summed E-state index contributed by atoms with van der Waals surface area (Å²) in [4.78, 5) is 12.2. The Kier molecular flexibility index (Phi) is 3.95. The maximum atomic E-state index is 12.2. The second-order valence-corrected chi connectivity index (χ2v) is 5.52. The molecule has 2 aromatic rings. The zero-order valence-corrected chi connectivity index (χ0v) is 12.1. The zero-order valence-electron chi connectivity index (χ0n) is 12.1. The van der Waals surface area contributed by atoms with Crippen LogP contribution < -0.4 is 5.32 Å². The van der Waals surface area contributed by atoms with Crippen LogP contribution in [0.3, 0.4) is 0 Å². The van der Waals surface area contributed by atoms with Gasteiger partial charge in [-0.3, -0.25) is 4.79 Å². The molecule has 1 heterocycles. The van der Waals surface area contributed by atoms with Crippen LogP contribution in [0, 0.1) is 0 Å². The fourth-order valence-electron chi connectivity index (χ4n) is 2.05. The molecule has 0 atom stereocenters. The van der Waals surface area contributed by atoms with E-state index in [0.29, 0.717) is 5.69 Å². The van der Waals surface area contributed by atoms with Gasteiger partial charge in [0.05, 0.1) is 12.1 Å². The van der Waals surface area contributed by atoms with Crippen LogP contribution >= 0.6 is 0 Å². The first-order chi connectivity index (χ1) is 9.44. The van der Waals surface area contributed by atoms with E-state index in [1.165, 1.54) is 0 Å². The number of hydrogen-bond acceptors (Lipinski definition) is 2. The highest BCUT2D eigenvalue weighted by Crippen LogP contribution is 2.21. The Bertz CT molecular complexity index is 600. The second kappa shape index (κ2) is 5.51. The Hall–Kier alpha value is -2.07. The number of aromatic nitrogens is 1. The van der Waals surface area contributed by atoms with Gasteiger partial charge in [0.1, 0.15) is 5.69 Å². The molecule has 0 fully saturated rings. The van der Waals surface area contributed by atoms with Gasteiger partial charge in [-0.1, -0.05) is 30.3 Å². The van der Waals surface area contributed by atoms with E-state index in [9.17, 15) is 9.90 Å². The third-order valence-electron chi connectivity index (χ3n) is 3.27. The van der Waals surface area contributed by atoms with Gasteiger partial charge >= 0.3 is 0 Å². The number of aliphatic hydroxyl groups is 1. The first kappa shape index (κ1) is 14.3. The molecule has 1 aromatic carbocycles. The quantitative estimate of drug-likeness (QED) is 0.896. The van der Waals surface area contributed by atoms with Crippen LogP contribution in [0.2, 0.25) is 0 Å². The molecule has 1 amide bonds. The first-order valence-electron chi connectivity index (χ1n) is 6.59. The molecule has 106 valence electrons. The number of nitrogens with one attached hydrogen (secondary N) is 1. The van der Waals surface area contributed by atoms with Crippen LogP contribution in [0.25, 0.3) is 11.3 Å². The third-order valence-corrected chi connectivity index (χ3v) is 3.27. The van der Waals surface area contributed by atoms with Crippen LogP contribution in [-0.4, -0.2) is 27.7 Å². The minimum Gasteiger partial charge on any atom is -0.394 e. The van der Waals surface area contributed by atoms with Gasteiger partial charge in [-0.15, -0.1) is 0 Å². The Morgan fingerprint density at radius 1 is 1.20 bits per heavy atom. The summed E-state index contributed by atoms with van der Waals surface area (Å²) >= 11 is 0. The average Bonchev–Trinajstić information content (AvgIpc) is 2.81. The fourth-order valence-corrected chi connectivity index (χ4v) is 2.05. The van der Waals surface area contributed by atoms with Crippen LogP contribution in [0.5, 0.6) is 0 Å². The smallest absolute Gasteiger partial charge is 0.268 e. The number of carbonyl (C=O) groups excluding carboxylic acids is 1. The standard InChI is InChI=1S/C16H20N2O2/c1-16(2,11-19)17-15(20)14-10-9-13(18(14)3)12-7-5-4-6-8-12/h4-10,19H,11H2,1-3H3,(H,17,20). The van der Waals surface area contributed by atoms with Crippen molar-refractivity contribution < 1.29 is 9.90 Å². The zero-order chi connectivity index (χ0) is 14.8. The van der Waals surface area contributed by atoms with Crippen LogP contribution in [0.4, 0.5) is 0 Å². The minimum absolute atomic E-state index is 0.102. The van der Waals surface area contributed by atoms with E-state index in [1.807, 2.05) is 48.0 Å². The van der Waals surface area contributed by atoms with Crippen molar-refractivity contribution in [3.63, 3.8) is 0 Å². The van der Waals surface area contributed by atoms with Crippen molar-refractivity contribution in [3.05, 3.63) is 48.2 Å². The van der Waals surface area contributed by atoms with Gasteiger partial charge in [0.2, 0.25) is 0 Å². The molecule has 1 aromatic heterocycles. The normalized spacial score (nSPS) is 11.4. The van der Waals surface area contributed by atoms with Crippen molar-refractivity contribution in [1.82, 2.24) is 9.88 Å². The van der Waals surface area contributed by atoms with Crippen molar-refractivity contribution in [3.8, 4) is 11.3 Å².